The molecule has 1 heterocycles. The fraction of sp³-hybridized carbons (Fsp3) is 0.393. The van der Waals surface area contributed by atoms with Gasteiger partial charge in [0.15, 0.2) is 11.5 Å². The van der Waals surface area contributed by atoms with Crippen molar-refractivity contribution in [2.45, 2.75) is 56.5 Å². The minimum atomic E-state index is -0.173. The SMILES string of the molecule is COc1ccc([C@@]23CCCC[C@@H]2N([C@H](C)c2cccc4ccccc24)C(=O)C3)cc1OC. The van der Waals surface area contributed by atoms with Gasteiger partial charge in [-0.1, -0.05) is 61.4 Å². The van der Waals surface area contributed by atoms with Crippen molar-refractivity contribution >= 4 is 16.7 Å². The van der Waals surface area contributed by atoms with E-state index >= 15 is 0 Å². The van der Waals surface area contributed by atoms with Crippen LogP contribution in [0.1, 0.15) is 56.2 Å². The molecule has 3 aromatic rings. The van der Waals surface area contributed by atoms with E-state index in [0.29, 0.717) is 6.42 Å². The molecule has 0 N–H and O–H groups in total. The fourth-order valence-electron chi connectivity index (χ4n) is 6.20. The van der Waals surface area contributed by atoms with E-state index in [9.17, 15) is 4.79 Å². The molecule has 0 aromatic heterocycles. The summed E-state index contributed by atoms with van der Waals surface area (Å²) in [4.78, 5) is 15.8. The van der Waals surface area contributed by atoms with Gasteiger partial charge in [0.2, 0.25) is 5.91 Å². The van der Waals surface area contributed by atoms with Crippen LogP contribution in [0.4, 0.5) is 0 Å². The highest BCUT2D eigenvalue weighted by molar-refractivity contribution is 5.88. The number of fused-ring (bicyclic) bond motifs is 2. The third-order valence-electron chi connectivity index (χ3n) is 7.73. The lowest BCUT2D eigenvalue weighted by molar-refractivity contribution is -0.131. The van der Waals surface area contributed by atoms with Gasteiger partial charge in [0.25, 0.3) is 0 Å². The number of hydrogen-bond acceptors (Lipinski definition) is 3. The molecule has 0 bridgehead atoms. The number of carbonyl (C=O) groups excluding carboxylic acids is 1. The van der Waals surface area contributed by atoms with Crippen LogP contribution >= 0.6 is 0 Å². The lowest BCUT2D eigenvalue weighted by Gasteiger charge is -2.44. The summed E-state index contributed by atoms with van der Waals surface area (Å²) < 4.78 is 11.1. The highest BCUT2D eigenvalue weighted by atomic mass is 16.5. The summed E-state index contributed by atoms with van der Waals surface area (Å²) >= 11 is 0. The predicted octanol–water partition coefficient (Wildman–Crippen LogP) is 6.03. The molecule has 3 aromatic carbocycles. The lowest BCUT2D eigenvalue weighted by atomic mass is 9.66. The smallest absolute Gasteiger partial charge is 0.224 e. The van der Waals surface area contributed by atoms with E-state index in [1.54, 1.807) is 14.2 Å². The Morgan fingerprint density at radius 3 is 2.56 bits per heavy atom. The van der Waals surface area contributed by atoms with E-state index < -0.39 is 0 Å². The first-order chi connectivity index (χ1) is 15.6. The molecular weight excluding hydrogens is 398 g/mol. The third kappa shape index (κ3) is 3.16. The van der Waals surface area contributed by atoms with E-state index in [-0.39, 0.29) is 23.4 Å². The Hall–Kier alpha value is -3.01. The zero-order chi connectivity index (χ0) is 22.3. The van der Waals surface area contributed by atoms with Crippen LogP contribution < -0.4 is 9.47 Å². The molecule has 2 fully saturated rings. The number of amides is 1. The van der Waals surface area contributed by atoms with Crippen LogP contribution in [0.3, 0.4) is 0 Å². The largest absolute Gasteiger partial charge is 0.493 e. The maximum atomic E-state index is 13.6. The average Bonchev–Trinajstić information content (AvgIpc) is 3.15. The van der Waals surface area contributed by atoms with E-state index in [2.05, 4.69) is 66.4 Å². The number of ether oxygens (including phenoxy) is 2. The van der Waals surface area contributed by atoms with Gasteiger partial charge in [-0.25, -0.2) is 0 Å². The van der Waals surface area contributed by atoms with Gasteiger partial charge in [-0.2, -0.15) is 0 Å². The van der Waals surface area contributed by atoms with Crippen LogP contribution in [0.15, 0.2) is 60.7 Å². The molecule has 1 aliphatic heterocycles. The Labute approximate surface area is 190 Å². The molecule has 166 valence electrons. The van der Waals surface area contributed by atoms with Gasteiger partial charge < -0.3 is 14.4 Å². The van der Waals surface area contributed by atoms with Crippen LogP contribution in [0.25, 0.3) is 10.8 Å². The average molecular weight is 430 g/mol. The van der Waals surface area contributed by atoms with Gasteiger partial charge in [-0.3, -0.25) is 4.79 Å². The van der Waals surface area contributed by atoms with Gasteiger partial charge in [0, 0.05) is 17.9 Å². The second kappa shape index (κ2) is 8.16. The van der Waals surface area contributed by atoms with Crippen molar-refractivity contribution in [1.82, 2.24) is 4.90 Å². The molecule has 4 nitrogen and oxygen atoms in total. The monoisotopic (exact) mass is 429 g/mol. The summed E-state index contributed by atoms with van der Waals surface area (Å²) in [6.45, 7) is 2.19. The van der Waals surface area contributed by atoms with E-state index in [0.717, 1.165) is 37.2 Å². The second-order valence-corrected chi connectivity index (χ2v) is 9.21. The highest BCUT2D eigenvalue weighted by Crippen LogP contribution is 2.53. The number of methoxy groups -OCH3 is 2. The van der Waals surface area contributed by atoms with Crippen LogP contribution in [-0.4, -0.2) is 31.1 Å². The normalized spacial score (nSPS) is 23.8. The quantitative estimate of drug-likeness (QED) is 0.497. The second-order valence-electron chi connectivity index (χ2n) is 9.21. The van der Waals surface area contributed by atoms with Gasteiger partial charge in [0.05, 0.1) is 20.3 Å². The molecule has 1 aliphatic carbocycles. The Bertz CT molecular complexity index is 1150. The molecule has 1 saturated carbocycles. The van der Waals surface area contributed by atoms with Crippen LogP contribution in [0.2, 0.25) is 0 Å². The van der Waals surface area contributed by atoms with Crippen molar-refractivity contribution in [3.05, 3.63) is 71.8 Å². The number of benzene rings is 3. The number of hydrogen-bond donors (Lipinski definition) is 0. The minimum Gasteiger partial charge on any atom is -0.493 e. The highest BCUT2D eigenvalue weighted by Gasteiger charge is 2.54. The van der Waals surface area contributed by atoms with Gasteiger partial charge in [-0.05, 0) is 53.8 Å². The number of likely N-dealkylation sites (tertiary alicyclic amines) is 1. The molecule has 1 amide bonds. The first-order valence-corrected chi connectivity index (χ1v) is 11.6. The van der Waals surface area contributed by atoms with Crippen LogP contribution in [0.5, 0.6) is 11.5 Å². The van der Waals surface area contributed by atoms with Crippen molar-refractivity contribution in [3.8, 4) is 11.5 Å². The zero-order valence-corrected chi connectivity index (χ0v) is 19.1. The van der Waals surface area contributed by atoms with Crippen LogP contribution in [0, 0.1) is 0 Å². The van der Waals surface area contributed by atoms with Crippen molar-refractivity contribution in [1.29, 1.82) is 0 Å². The molecule has 1 saturated heterocycles. The third-order valence-corrected chi connectivity index (χ3v) is 7.73. The Morgan fingerprint density at radius 1 is 0.969 bits per heavy atom. The van der Waals surface area contributed by atoms with Crippen molar-refractivity contribution < 1.29 is 14.3 Å². The molecule has 0 unspecified atom stereocenters. The Balaban J connectivity index is 1.58. The maximum absolute atomic E-state index is 13.6. The molecule has 32 heavy (non-hydrogen) atoms. The first kappa shape index (κ1) is 20.9. The topological polar surface area (TPSA) is 38.8 Å². The number of nitrogens with zero attached hydrogens (tertiary/aromatic N) is 1. The Morgan fingerprint density at radius 2 is 1.75 bits per heavy atom. The summed E-state index contributed by atoms with van der Waals surface area (Å²) in [6.07, 6.45) is 4.93. The summed E-state index contributed by atoms with van der Waals surface area (Å²) in [5.41, 5.74) is 2.25. The van der Waals surface area contributed by atoms with E-state index in [1.807, 2.05) is 6.07 Å². The predicted molar refractivity (Wildman–Crippen MR) is 127 cm³/mol. The van der Waals surface area contributed by atoms with E-state index in [4.69, 9.17) is 9.47 Å². The minimum absolute atomic E-state index is 0.0266. The fourth-order valence-corrected chi connectivity index (χ4v) is 6.20. The zero-order valence-electron chi connectivity index (χ0n) is 19.1. The summed E-state index contributed by atoms with van der Waals surface area (Å²) in [6, 6.07) is 21.3. The molecule has 5 rings (SSSR count). The van der Waals surface area contributed by atoms with E-state index in [1.165, 1.54) is 21.9 Å². The number of rotatable bonds is 5. The van der Waals surface area contributed by atoms with Crippen molar-refractivity contribution in [3.63, 3.8) is 0 Å². The number of carbonyl (C=O) groups is 1. The first-order valence-electron chi connectivity index (χ1n) is 11.6. The molecule has 3 atom stereocenters. The molecular formula is C28H31NO3. The summed E-state index contributed by atoms with van der Waals surface area (Å²) in [5, 5.41) is 2.45. The summed E-state index contributed by atoms with van der Waals surface area (Å²) in [5.74, 6) is 1.72. The van der Waals surface area contributed by atoms with Gasteiger partial charge >= 0.3 is 0 Å². The molecule has 0 radical (unpaired) electrons. The molecule has 4 heteroatoms. The molecule has 0 spiro atoms. The standard InChI is InChI=1S/C28H31NO3/c1-19(22-12-8-10-20-9-4-5-11-23(20)22)29-26-13-6-7-16-28(26,18-27(29)30)21-14-15-24(31-2)25(17-21)32-3/h4-5,8-12,14-15,17,19,26H,6-7,13,16,18H2,1-3H3/t19-,26+,28+/m1/s1. The lowest BCUT2D eigenvalue weighted by Crippen LogP contribution is -2.46. The van der Waals surface area contributed by atoms with Crippen molar-refractivity contribution in [2.24, 2.45) is 0 Å². The van der Waals surface area contributed by atoms with Crippen molar-refractivity contribution in [2.75, 3.05) is 14.2 Å². The summed E-state index contributed by atoms with van der Waals surface area (Å²) in [7, 11) is 3.33. The Kier molecular flexibility index (Phi) is 5.32. The van der Waals surface area contributed by atoms with Gasteiger partial charge in [0.1, 0.15) is 0 Å². The van der Waals surface area contributed by atoms with Gasteiger partial charge in [-0.15, -0.1) is 0 Å². The van der Waals surface area contributed by atoms with Crippen LogP contribution in [-0.2, 0) is 10.2 Å². The molecule has 2 aliphatic rings. The maximum Gasteiger partial charge on any atom is 0.224 e.